The van der Waals surface area contributed by atoms with Gasteiger partial charge in [-0.1, -0.05) is 12.7 Å². The molecule has 0 saturated carbocycles. The highest BCUT2D eigenvalue weighted by Gasteiger charge is 1.99. The first-order valence-corrected chi connectivity index (χ1v) is 7.09. The highest BCUT2D eigenvalue weighted by atomic mass is 16.5. The second kappa shape index (κ2) is 8.12. The minimum absolute atomic E-state index is 0.545. The first-order chi connectivity index (χ1) is 10.3. The topological polar surface area (TPSA) is 35.1 Å². The van der Waals surface area contributed by atoms with Gasteiger partial charge >= 0.3 is 0 Å². The second-order valence-electron chi connectivity index (χ2n) is 4.79. The molecule has 0 bridgehead atoms. The molecule has 0 saturated heterocycles. The van der Waals surface area contributed by atoms with Crippen LogP contribution in [0.2, 0.25) is 0 Å². The van der Waals surface area contributed by atoms with Gasteiger partial charge in [0.25, 0.3) is 0 Å². The van der Waals surface area contributed by atoms with Crippen LogP contribution in [0.15, 0.2) is 61.2 Å². The van der Waals surface area contributed by atoms with Gasteiger partial charge in [-0.15, -0.1) is 0 Å². The predicted molar refractivity (Wildman–Crippen MR) is 84.5 cm³/mol. The summed E-state index contributed by atoms with van der Waals surface area (Å²) >= 11 is 0. The Bertz CT molecular complexity index is 546. The van der Waals surface area contributed by atoms with Crippen molar-refractivity contribution in [1.82, 2.24) is 0 Å². The molecule has 0 aliphatic carbocycles. The molecule has 0 radical (unpaired) electrons. The van der Waals surface area contributed by atoms with Crippen molar-refractivity contribution in [1.29, 1.82) is 0 Å². The monoisotopic (exact) mass is 284 g/mol. The van der Waals surface area contributed by atoms with Gasteiger partial charge in [0.1, 0.15) is 31.2 Å². The van der Waals surface area contributed by atoms with E-state index in [9.17, 15) is 0 Å². The lowest BCUT2D eigenvalue weighted by Gasteiger charge is -2.06. The standard InChI is InChI=1S/C18H21NO2/c1-3-12-21-18-10-6-16(7-11-18)14-19-13-15-4-8-17(20-2)9-5-15/h3-11,19H,1,12-14H2,2H3/p+1. The van der Waals surface area contributed by atoms with Crippen LogP contribution in [0.5, 0.6) is 11.5 Å². The molecule has 0 aliphatic heterocycles. The summed E-state index contributed by atoms with van der Waals surface area (Å²) in [6, 6.07) is 16.4. The number of hydrogen-bond acceptors (Lipinski definition) is 2. The number of hydrogen-bond donors (Lipinski definition) is 1. The van der Waals surface area contributed by atoms with E-state index in [1.807, 2.05) is 24.3 Å². The smallest absolute Gasteiger partial charge is 0.119 e. The molecular formula is C18H22NO2+. The van der Waals surface area contributed by atoms with Crippen molar-refractivity contribution >= 4 is 0 Å². The Morgan fingerprint density at radius 2 is 1.43 bits per heavy atom. The van der Waals surface area contributed by atoms with E-state index in [1.54, 1.807) is 13.2 Å². The molecule has 2 rings (SSSR count). The molecule has 0 unspecified atom stereocenters. The molecule has 0 atom stereocenters. The molecular weight excluding hydrogens is 262 g/mol. The molecule has 2 aromatic rings. The van der Waals surface area contributed by atoms with Crippen LogP contribution in [0, 0.1) is 0 Å². The highest BCUT2D eigenvalue weighted by Crippen LogP contribution is 2.12. The van der Waals surface area contributed by atoms with Crippen molar-refractivity contribution in [3.8, 4) is 11.5 Å². The zero-order valence-electron chi connectivity index (χ0n) is 12.4. The van der Waals surface area contributed by atoms with Gasteiger partial charge in [-0.25, -0.2) is 0 Å². The Labute approximate surface area is 126 Å². The van der Waals surface area contributed by atoms with Crippen molar-refractivity contribution in [2.45, 2.75) is 13.1 Å². The van der Waals surface area contributed by atoms with Crippen LogP contribution >= 0.6 is 0 Å². The summed E-state index contributed by atoms with van der Waals surface area (Å²) in [4.78, 5) is 0. The van der Waals surface area contributed by atoms with Gasteiger partial charge in [0.15, 0.2) is 0 Å². The van der Waals surface area contributed by atoms with Crippen molar-refractivity contribution in [3.05, 3.63) is 72.3 Å². The maximum atomic E-state index is 5.47. The largest absolute Gasteiger partial charge is 0.497 e. The molecule has 3 nitrogen and oxygen atoms in total. The molecule has 0 spiro atoms. The fourth-order valence-corrected chi connectivity index (χ4v) is 2.04. The number of quaternary nitrogens is 1. The predicted octanol–water partition coefficient (Wildman–Crippen LogP) is 2.52. The average Bonchev–Trinajstić information content (AvgIpc) is 2.55. The molecule has 0 amide bonds. The molecule has 110 valence electrons. The SMILES string of the molecule is C=CCOc1ccc(C[NH2+]Cc2ccc(OC)cc2)cc1. The van der Waals surface area contributed by atoms with E-state index < -0.39 is 0 Å². The zero-order valence-corrected chi connectivity index (χ0v) is 12.4. The quantitative estimate of drug-likeness (QED) is 0.756. The van der Waals surface area contributed by atoms with Crippen molar-refractivity contribution in [2.75, 3.05) is 13.7 Å². The Morgan fingerprint density at radius 1 is 0.905 bits per heavy atom. The first kappa shape index (κ1) is 15.1. The van der Waals surface area contributed by atoms with Crippen LogP contribution in [0.3, 0.4) is 0 Å². The number of rotatable bonds is 8. The summed E-state index contributed by atoms with van der Waals surface area (Å²) in [5, 5.41) is 2.28. The Balaban J connectivity index is 1.78. The molecule has 2 N–H and O–H groups in total. The Hall–Kier alpha value is -2.26. The lowest BCUT2D eigenvalue weighted by Crippen LogP contribution is -2.80. The van der Waals surface area contributed by atoms with E-state index >= 15 is 0 Å². The van der Waals surface area contributed by atoms with E-state index in [0.29, 0.717) is 6.61 Å². The fourth-order valence-electron chi connectivity index (χ4n) is 2.04. The van der Waals surface area contributed by atoms with E-state index in [2.05, 4.69) is 36.2 Å². The average molecular weight is 284 g/mol. The molecule has 0 heterocycles. The van der Waals surface area contributed by atoms with Crippen LogP contribution in [0.25, 0.3) is 0 Å². The van der Waals surface area contributed by atoms with E-state index in [1.165, 1.54) is 11.1 Å². The fraction of sp³-hybridized carbons (Fsp3) is 0.222. The Kier molecular flexibility index (Phi) is 5.85. The summed E-state index contributed by atoms with van der Waals surface area (Å²) in [5.74, 6) is 1.78. The number of nitrogens with two attached hydrogens (primary N) is 1. The van der Waals surface area contributed by atoms with Crippen LogP contribution in [-0.4, -0.2) is 13.7 Å². The Morgan fingerprint density at radius 3 is 1.90 bits per heavy atom. The van der Waals surface area contributed by atoms with Crippen LogP contribution in [-0.2, 0) is 13.1 Å². The summed E-state index contributed by atoms with van der Waals surface area (Å²) in [6.45, 7) is 6.09. The third-order valence-corrected chi connectivity index (χ3v) is 3.21. The molecule has 0 fully saturated rings. The maximum absolute atomic E-state index is 5.47. The van der Waals surface area contributed by atoms with Gasteiger partial charge in [0.2, 0.25) is 0 Å². The third kappa shape index (κ3) is 4.97. The molecule has 21 heavy (non-hydrogen) atoms. The van der Waals surface area contributed by atoms with Gasteiger partial charge in [-0.05, 0) is 48.5 Å². The second-order valence-corrected chi connectivity index (χ2v) is 4.79. The lowest BCUT2D eigenvalue weighted by molar-refractivity contribution is -0.686. The highest BCUT2D eigenvalue weighted by molar-refractivity contribution is 5.27. The third-order valence-electron chi connectivity index (χ3n) is 3.21. The van der Waals surface area contributed by atoms with E-state index in [0.717, 1.165) is 24.6 Å². The summed E-state index contributed by atoms with van der Waals surface area (Å²) < 4.78 is 10.6. The minimum atomic E-state index is 0.545. The molecule has 2 aromatic carbocycles. The zero-order chi connectivity index (χ0) is 14.9. The number of methoxy groups -OCH3 is 1. The summed E-state index contributed by atoms with van der Waals surface area (Å²) in [6.07, 6.45) is 1.75. The lowest BCUT2D eigenvalue weighted by atomic mass is 10.2. The van der Waals surface area contributed by atoms with Crippen LogP contribution in [0.4, 0.5) is 0 Å². The number of ether oxygens (including phenoxy) is 2. The summed E-state index contributed by atoms with van der Waals surface area (Å²) in [5.41, 5.74) is 2.58. The molecule has 3 heteroatoms. The van der Waals surface area contributed by atoms with Gasteiger partial charge < -0.3 is 14.8 Å². The van der Waals surface area contributed by atoms with Crippen molar-refractivity contribution in [2.24, 2.45) is 0 Å². The van der Waals surface area contributed by atoms with E-state index in [4.69, 9.17) is 9.47 Å². The van der Waals surface area contributed by atoms with Gasteiger partial charge in [-0.2, -0.15) is 0 Å². The minimum Gasteiger partial charge on any atom is -0.497 e. The molecule has 0 aromatic heterocycles. The normalized spacial score (nSPS) is 10.1. The van der Waals surface area contributed by atoms with Gasteiger partial charge in [0.05, 0.1) is 7.11 Å². The van der Waals surface area contributed by atoms with Gasteiger partial charge in [-0.3, -0.25) is 0 Å². The summed E-state index contributed by atoms with van der Waals surface area (Å²) in [7, 11) is 1.68. The molecule has 0 aliphatic rings. The first-order valence-electron chi connectivity index (χ1n) is 7.09. The van der Waals surface area contributed by atoms with Crippen molar-refractivity contribution < 1.29 is 14.8 Å². The van der Waals surface area contributed by atoms with Crippen molar-refractivity contribution in [3.63, 3.8) is 0 Å². The van der Waals surface area contributed by atoms with Crippen LogP contribution < -0.4 is 14.8 Å². The van der Waals surface area contributed by atoms with Gasteiger partial charge in [0, 0.05) is 11.1 Å². The maximum Gasteiger partial charge on any atom is 0.119 e. The van der Waals surface area contributed by atoms with Crippen LogP contribution in [0.1, 0.15) is 11.1 Å². The van der Waals surface area contributed by atoms with E-state index in [-0.39, 0.29) is 0 Å². The number of benzene rings is 2.